The van der Waals surface area contributed by atoms with Crippen molar-refractivity contribution in [3.63, 3.8) is 0 Å². The molecule has 21 heavy (non-hydrogen) atoms. The highest BCUT2D eigenvalue weighted by Crippen LogP contribution is 2.16. The van der Waals surface area contributed by atoms with E-state index in [2.05, 4.69) is 10.6 Å². The number of benzene rings is 1. The van der Waals surface area contributed by atoms with Crippen molar-refractivity contribution in [2.24, 2.45) is 0 Å². The molecule has 0 spiro atoms. The first-order valence-corrected chi connectivity index (χ1v) is 7.57. The second kappa shape index (κ2) is 8.12. The van der Waals surface area contributed by atoms with Crippen molar-refractivity contribution >= 4 is 40.9 Å². The van der Waals surface area contributed by atoms with Crippen molar-refractivity contribution in [3.05, 3.63) is 40.9 Å². The van der Waals surface area contributed by atoms with Crippen LogP contribution in [-0.2, 0) is 9.53 Å². The van der Waals surface area contributed by atoms with Gasteiger partial charge in [-0.25, -0.2) is 0 Å². The summed E-state index contributed by atoms with van der Waals surface area (Å²) in [5.74, 6) is -0.292. The van der Waals surface area contributed by atoms with Crippen molar-refractivity contribution < 1.29 is 9.53 Å². The van der Waals surface area contributed by atoms with E-state index < -0.39 is 0 Å². The van der Waals surface area contributed by atoms with Gasteiger partial charge in [0.1, 0.15) is 0 Å². The maximum atomic E-state index is 11.7. The minimum Gasteiger partial charge on any atom is -0.376 e. The number of halogens is 1. The van der Waals surface area contributed by atoms with Crippen LogP contribution < -0.4 is 10.6 Å². The lowest BCUT2D eigenvalue weighted by molar-refractivity contribution is -0.115. The number of thiocarbonyl (C=S) groups is 1. The predicted octanol–water partition coefficient (Wildman–Crippen LogP) is 2.52. The Morgan fingerprint density at radius 3 is 3.00 bits per heavy atom. The van der Waals surface area contributed by atoms with Gasteiger partial charge in [0.2, 0.25) is 5.91 Å². The molecule has 0 bridgehead atoms. The van der Waals surface area contributed by atoms with Crippen LogP contribution in [0.4, 0.5) is 0 Å². The molecule has 112 valence electrons. The molecule has 1 aromatic rings. The van der Waals surface area contributed by atoms with Crippen LogP contribution in [-0.4, -0.2) is 30.3 Å². The van der Waals surface area contributed by atoms with E-state index in [9.17, 15) is 4.79 Å². The van der Waals surface area contributed by atoms with Crippen LogP contribution in [0.5, 0.6) is 0 Å². The molecule has 1 aliphatic rings. The first-order valence-electron chi connectivity index (χ1n) is 6.78. The van der Waals surface area contributed by atoms with Crippen LogP contribution >= 0.6 is 23.8 Å². The largest absolute Gasteiger partial charge is 0.376 e. The third-order valence-corrected chi connectivity index (χ3v) is 3.66. The molecule has 1 aromatic carbocycles. The lowest BCUT2D eigenvalue weighted by Gasteiger charge is -2.12. The molecule has 1 amide bonds. The Hall–Kier alpha value is -1.43. The molecule has 2 rings (SSSR count). The van der Waals surface area contributed by atoms with Crippen molar-refractivity contribution in [3.8, 4) is 0 Å². The fraction of sp³-hybridized carbons (Fsp3) is 0.333. The maximum absolute atomic E-state index is 11.7. The summed E-state index contributed by atoms with van der Waals surface area (Å²) in [6.45, 7) is 1.42. The average Bonchev–Trinajstić information content (AvgIpc) is 2.97. The molecule has 0 aliphatic carbocycles. The van der Waals surface area contributed by atoms with Crippen LogP contribution in [0.25, 0.3) is 6.08 Å². The maximum Gasteiger partial charge on any atom is 0.250 e. The Labute approximate surface area is 134 Å². The fourth-order valence-corrected chi connectivity index (χ4v) is 2.37. The minimum absolute atomic E-state index is 0.179. The van der Waals surface area contributed by atoms with Gasteiger partial charge in [-0.15, -0.1) is 0 Å². The number of hydrogen-bond donors (Lipinski definition) is 2. The zero-order valence-electron chi connectivity index (χ0n) is 11.5. The third kappa shape index (κ3) is 5.46. The van der Waals surface area contributed by atoms with Crippen molar-refractivity contribution in [1.82, 2.24) is 10.6 Å². The van der Waals surface area contributed by atoms with E-state index in [0.29, 0.717) is 16.7 Å². The van der Waals surface area contributed by atoms with Gasteiger partial charge < -0.3 is 10.1 Å². The summed E-state index contributed by atoms with van der Waals surface area (Å²) in [5, 5.41) is 6.47. The van der Waals surface area contributed by atoms with E-state index in [1.54, 1.807) is 12.1 Å². The molecular formula is C15H17ClN2O2S. The number of amides is 1. The van der Waals surface area contributed by atoms with Gasteiger partial charge in [0, 0.05) is 24.3 Å². The molecule has 0 aromatic heterocycles. The number of nitrogens with one attached hydrogen (secondary N) is 2. The molecule has 1 aliphatic heterocycles. The normalized spacial score (nSPS) is 17.9. The zero-order chi connectivity index (χ0) is 15.1. The first kappa shape index (κ1) is 15.9. The monoisotopic (exact) mass is 324 g/mol. The van der Waals surface area contributed by atoms with E-state index in [0.717, 1.165) is 25.0 Å². The topological polar surface area (TPSA) is 50.4 Å². The Morgan fingerprint density at radius 1 is 1.48 bits per heavy atom. The Morgan fingerprint density at radius 2 is 2.29 bits per heavy atom. The molecule has 0 radical (unpaired) electrons. The lowest BCUT2D eigenvalue weighted by Crippen LogP contribution is -2.41. The molecule has 4 nitrogen and oxygen atoms in total. The number of hydrogen-bond acceptors (Lipinski definition) is 3. The van der Waals surface area contributed by atoms with E-state index in [1.165, 1.54) is 6.08 Å². The van der Waals surface area contributed by atoms with E-state index in [1.807, 2.05) is 18.2 Å². The van der Waals surface area contributed by atoms with Crippen LogP contribution in [0, 0.1) is 0 Å². The van der Waals surface area contributed by atoms with Gasteiger partial charge in [-0.2, -0.15) is 0 Å². The smallest absolute Gasteiger partial charge is 0.250 e. The summed E-state index contributed by atoms with van der Waals surface area (Å²) in [6.07, 6.45) is 5.34. The molecule has 0 saturated carbocycles. The van der Waals surface area contributed by atoms with E-state index >= 15 is 0 Å². The highest BCUT2D eigenvalue weighted by molar-refractivity contribution is 7.80. The summed E-state index contributed by atoms with van der Waals surface area (Å²) in [5.41, 5.74) is 0.785. The number of carbonyl (C=O) groups excluding carboxylic acids is 1. The summed E-state index contributed by atoms with van der Waals surface area (Å²) in [4.78, 5) is 11.7. The SMILES string of the molecule is O=C(C=Cc1ccccc1Cl)NC(=S)NCC1CCCO1. The number of rotatable bonds is 4. The zero-order valence-corrected chi connectivity index (χ0v) is 13.0. The van der Waals surface area contributed by atoms with Crippen LogP contribution in [0.3, 0.4) is 0 Å². The minimum atomic E-state index is -0.292. The fourth-order valence-electron chi connectivity index (χ4n) is 1.99. The molecule has 1 fully saturated rings. The molecule has 1 atom stereocenters. The first-order chi connectivity index (χ1) is 10.1. The van der Waals surface area contributed by atoms with E-state index in [-0.39, 0.29) is 12.0 Å². The third-order valence-electron chi connectivity index (χ3n) is 3.07. The van der Waals surface area contributed by atoms with Crippen molar-refractivity contribution in [1.29, 1.82) is 0 Å². The molecule has 6 heteroatoms. The molecular weight excluding hydrogens is 308 g/mol. The van der Waals surface area contributed by atoms with Gasteiger partial charge >= 0.3 is 0 Å². The summed E-state index contributed by atoms with van der Waals surface area (Å²) >= 11 is 11.1. The van der Waals surface area contributed by atoms with E-state index in [4.69, 9.17) is 28.6 Å². The number of carbonyl (C=O) groups is 1. The van der Waals surface area contributed by atoms with Gasteiger partial charge in [0.15, 0.2) is 5.11 Å². The Balaban J connectivity index is 1.75. The van der Waals surface area contributed by atoms with Gasteiger partial charge in [0.25, 0.3) is 0 Å². The highest BCUT2D eigenvalue weighted by atomic mass is 35.5. The Kier molecular flexibility index (Phi) is 6.17. The summed E-state index contributed by atoms with van der Waals surface area (Å²) in [6, 6.07) is 7.30. The number of ether oxygens (including phenoxy) is 1. The van der Waals surface area contributed by atoms with Crippen molar-refractivity contribution in [2.75, 3.05) is 13.2 Å². The predicted molar refractivity (Wildman–Crippen MR) is 88.2 cm³/mol. The van der Waals surface area contributed by atoms with Crippen LogP contribution in [0.2, 0.25) is 5.02 Å². The highest BCUT2D eigenvalue weighted by Gasteiger charge is 2.15. The van der Waals surface area contributed by atoms with Gasteiger partial charge in [-0.1, -0.05) is 29.8 Å². The summed E-state index contributed by atoms with van der Waals surface area (Å²) < 4.78 is 5.46. The average molecular weight is 325 g/mol. The van der Waals surface area contributed by atoms with Gasteiger partial charge in [-0.05, 0) is 42.8 Å². The molecule has 2 N–H and O–H groups in total. The molecule has 1 unspecified atom stereocenters. The molecule has 1 saturated heterocycles. The second-order valence-corrected chi connectivity index (χ2v) is 5.50. The summed E-state index contributed by atoms with van der Waals surface area (Å²) in [7, 11) is 0. The lowest BCUT2D eigenvalue weighted by atomic mass is 10.2. The van der Waals surface area contributed by atoms with Crippen LogP contribution in [0.15, 0.2) is 30.3 Å². The van der Waals surface area contributed by atoms with Crippen LogP contribution in [0.1, 0.15) is 18.4 Å². The van der Waals surface area contributed by atoms with Gasteiger partial charge in [0.05, 0.1) is 6.10 Å². The quantitative estimate of drug-likeness (QED) is 0.660. The van der Waals surface area contributed by atoms with Crippen molar-refractivity contribution in [2.45, 2.75) is 18.9 Å². The van der Waals surface area contributed by atoms with Gasteiger partial charge in [-0.3, -0.25) is 10.1 Å². The second-order valence-electron chi connectivity index (χ2n) is 4.69. The standard InChI is InChI=1S/C15H17ClN2O2S/c16-13-6-2-1-4-11(13)7-8-14(19)18-15(21)17-10-12-5-3-9-20-12/h1-2,4,6-8,12H,3,5,9-10H2,(H2,17,18,19,21). The Bertz CT molecular complexity index is 542. The molecule has 1 heterocycles.